The summed E-state index contributed by atoms with van der Waals surface area (Å²) in [6, 6.07) is 0. The number of hydrogen-bond acceptors (Lipinski definition) is 3. The molecule has 0 aromatic carbocycles. The predicted octanol–water partition coefficient (Wildman–Crippen LogP) is -0.0566. The van der Waals surface area contributed by atoms with Gasteiger partial charge in [0.15, 0.2) is 0 Å². The average molecular weight is 187 g/mol. The highest BCUT2D eigenvalue weighted by molar-refractivity contribution is 5.17. The Hall–Kier alpha value is -0.450. The third-order valence-electron chi connectivity index (χ3n) is 3.13. The van der Waals surface area contributed by atoms with Crippen molar-refractivity contribution in [1.29, 1.82) is 0 Å². The smallest absolute Gasteiger partial charge is 0.0929 e. The van der Waals surface area contributed by atoms with Crippen molar-refractivity contribution in [2.45, 2.75) is 30.6 Å². The Morgan fingerprint density at radius 2 is 2.08 bits per heavy atom. The highest BCUT2D eigenvalue weighted by Gasteiger charge is 2.54. The summed E-state index contributed by atoms with van der Waals surface area (Å²) in [5, 5.41) is 22.2. The highest BCUT2D eigenvalue weighted by Crippen LogP contribution is 2.46. The number of nitrogens with one attached hydrogen (secondary N) is 1. The fraction of sp³-hybridized carbons (Fsp3) is 0.778. The summed E-state index contributed by atoms with van der Waals surface area (Å²) in [5.74, 6) is -0.291. The van der Waals surface area contributed by atoms with Crippen LogP contribution in [-0.2, 0) is 0 Å². The molecule has 2 aliphatic rings. The summed E-state index contributed by atoms with van der Waals surface area (Å²) >= 11 is 0. The summed E-state index contributed by atoms with van der Waals surface area (Å²) in [6.07, 6.45) is 2.07. The number of aliphatic hydroxyl groups is 2. The first-order valence-corrected chi connectivity index (χ1v) is 4.58. The summed E-state index contributed by atoms with van der Waals surface area (Å²) in [7, 11) is 0. The van der Waals surface area contributed by atoms with Crippen LogP contribution in [0.25, 0.3) is 0 Å². The van der Waals surface area contributed by atoms with Gasteiger partial charge in [-0.05, 0) is 18.9 Å². The van der Waals surface area contributed by atoms with Gasteiger partial charge >= 0.3 is 0 Å². The molecule has 0 aromatic rings. The molecule has 0 bridgehead atoms. The topological polar surface area (TPSA) is 52.5 Å². The number of piperidine rings is 1. The lowest BCUT2D eigenvalue weighted by molar-refractivity contribution is -0.0424. The Kier molecular flexibility index (Phi) is 2.14. The number of rotatable bonds is 1. The molecule has 1 aliphatic carbocycles. The largest absolute Gasteiger partial charge is 0.390 e. The average Bonchev–Trinajstić information content (AvgIpc) is 2.88. The zero-order chi connectivity index (χ0) is 9.47. The van der Waals surface area contributed by atoms with Crippen LogP contribution >= 0.6 is 0 Å². The maximum atomic E-state index is 12.0. The lowest BCUT2D eigenvalue weighted by Gasteiger charge is -2.38. The van der Waals surface area contributed by atoms with Crippen molar-refractivity contribution < 1.29 is 14.6 Å². The van der Waals surface area contributed by atoms with E-state index in [0.29, 0.717) is 12.9 Å². The third-order valence-corrected chi connectivity index (χ3v) is 3.13. The van der Waals surface area contributed by atoms with E-state index in [1.54, 1.807) is 0 Å². The molecule has 1 saturated carbocycles. The maximum absolute atomic E-state index is 12.0. The molecular weight excluding hydrogens is 173 g/mol. The number of β-amino-alcohol motifs (C(OH)–C–C–N with tert-alkyl or cyclic N) is 1. The van der Waals surface area contributed by atoms with E-state index in [0.717, 1.165) is 12.8 Å². The molecule has 4 heteroatoms. The SMILES string of the molecule is OC1CNC2(CC2)C(/C=C\F)C1O. The van der Waals surface area contributed by atoms with Crippen molar-refractivity contribution in [1.82, 2.24) is 5.32 Å². The molecule has 74 valence electrons. The van der Waals surface area contributed by atoms with Gasteiger partial charge in [0.1, 0.15) is 0 Å². The lowest BCUT2D eigenvalue weighted by Crippen LogP contribution is -2.57. The zero-order valence-corrected chi connectivity index (χ0v) is 7.28. The van der Waals surface area contributed by atoms with E-state index >= 15 is 0 Å². The Morgan fingerprint density at radius 1 is 1.38 bits per heavy atom. The van der Waals surface area contributed by atoms with E-state index in [2.05, 4.69) is 5.32 Å². The van der Waals surface area contributed by atoms with Gasteiger partial charge in [-0.1, -0.05) is 0 Å². The minimum absolute atomic E-state index is 0.138. The van der Waals surface area contributed by atoms with Gasteiger partial charge in [-0.2, -0.15) is 0 Å². The molecular formula is C9H14FNO2. The summed E-state index contributed by atoms with van der Waals surface area (Å²) in [4.78, 5) is 0. The maximum Gasteiger partial charge on any atom is 0.0929 e. The summed E-state index contributed by atoms with van der Waals surface area (Å²) in [6.45, 7) is 0.401. The molecule has 3 atom stereocenters. The van der Waals surface area contributed by atoms with Crippen LogP contribution in [0.2, 0.25) is 0 Å². The van der Waals surface area contributed by atoms with E-state index in [-0.39, 0.29) is 11.5 Å². The highest BCUT2D eigenvalue weighted by atomic mass is 19.1. The molecule has 3 nitrogen and oxygen atoms in total. The van der Waals surface area contributed by atoms with Gasteiger partial charge in [0.25, 0.3) is 0 Å². The summed E-state index contributed by atoms with van der Waals surface area (Å²) in [5.41, 5.74) is -0.138. The molecule has 2 fully saturated rings. The van der Waals surface area contributed by atoms with Crippen molar-refractivity contribution in [3.63, 3.8) is 0 Å². The van der Waals surface area contributed by atoms with Crippen LogP contribution in [-0.4, -0.2) is 34.5 Å². The fourth-order valence-corrected chi connectivity index (χ4v) is 2.13. The van der Waals surface area contributed by atoms with Crippen LogP contribution < -0.4 is 5.32 Å². The standard InChI is InChI=1S/C9H14FNO2/c10-4-1-6-8(13)7(12)5-11-9(6)2-3-9/h1,4,6-8,11-13H,2-3,5H2/b4-1-. The van der Waals surface area contributed by atoms with Gasteiger partial charge in [0.05, 0.1) is 18.5 Å². The Morgan fingerprint density at radius 3 is 2.62 bits per heavy atom. The molecule has 1 spiro atoms. The van der Waals surface area contributed by atoms with Gasteiger partial charge < -0.3 is 15.5 Å². The van der Waals surface area contributed by atoms with Crippen molar-refractivity contribution in [3.05, 3.63) is 12.4 Å². The normalized spacial score (nSPS) is 42.8. The zero-order valence-electron chi connectivity index (χ0n) is 7.28. The number of halogens is 1. The molecule has 0 aromatic heterocycles. The van der Waals surface area contributed by atoms with Crippen molar-refractivity contribution in [3.8, 4) is 0 Å². The molecule has 1 heterocycles. The first-order chi connectivity index (χ1) is 6.19. The molecule has 13 heavy (non-hydrogen) atoms. The third kappa shape index (κ3) is 1.39. The van der Waals surface area contributed by atoms with E-state index < -0.39 is 12.2 Å². The first kappa shape index (κ1) is 9.12. The van der Waals surface area contributed by atoms with Crippen molar-refractivity contribution in [2.24, 2.45) is 5.92 Å². The lowest BCUT2D eigenvalue weighted by atomic mass is 9.84. The van der Waals surface area contributed by atoms with Crippen LogP contribution in [0.3, 0.4) is 0 Å². The molecule has 2 rings (SSSR count). The molecule has 3 N–H and O–H groups in total. The minimum Gasteiger partial charge on any atom is -0.390 e. The van der Waals surface area contributed by atoms with E-state index in [1.165, 1.54) is 6.08 Å². The number of hydrogen-bond donors (Lipinski definition) is 3. The quantitative estimate of drug-likeness (QED) is 0.539. The van der Waals surface area contributed by atoms with Crippen LogP contribution in [0.5, 0.6) is 0 Å². The first-order valence-electron chi connectivity index (χ1n) is 4.58. The summed E-state index contributed by atoms with van der Waals surface area (Å²) < 4.78 is 12.0. The second kappa shape index (κ2) is 3.04. The van der Waals surface area contributed by atoms with Gasteiger partial charge in [-0.3, -0.25) is 0 Å². The second-order valence-corrected chi connectivity index (χ2v) is 3.94. The molecule has 3 unspecified atom stereocenters. The van der Waals surface area contributed by atoms with Gasteiger partial charge in [-0.15, -0.1) is 0 Å². The fourth-order valence-electron chi connectivity index (χ4n) is 2.13. The van der Waals surface area contributed by atoms with Gasteiger partial charge in [0.2, 0.25) is 0 Å². The molecule has 0 radical (unpaired) electrons. The Bertz CT molecular complexity index is 228. The van der Waals surface area contributed by atoms with Crippen molar-refractivity contribution in [2.75, 3.05) is 6.54 Å². The van der Waals surface area contributed by atoms with Crippen LogP contribution in [0.4, 0.5) is 4.39 Å². The van der Waals surface area contributed by atoms with E-state index in [1.807, 2.05) is 0 Å². The molecule has 1 aliphatic heterocycles. The van der Waals surface area contributed by atoms with Crippen molar-refractivity contribution >= 4 is 0 Å². The van der Waals surface area contributed by atoms with Crippen LogP contribution in [0, 0.1) is 5.92 Å². The minimum atomic E-state index is -0.837. The second-order valence-electron chi connectivity index (χ2n) is 3.94. The Labute approximate surface area is 76.3 Å². The predicted molar refractivity (Wildman–Crippen MR) is 45.7 cm³/mol. The van der Waals surface area contributed by atoms with E-state index in [9.17, 15) is 14.6 Å². The van der Waals surface area contributed by atoms with Gasteiger partial charge in [-0.25, -0.2) is 4.39 Å². The Balaban J connectivity index is 2.15. The van der Waals surface area contributed by atoms with Crippen LogP contribution in [0.1, 0.15) is 12.8 Å². The van der Waals surface area contributed by atoms with Gasteiger partial charge in [0, 0.05) is 18.0 Å². The molecule has 1 saturated heterocycles. The monoisotopic (exact) mass is 187 g/mol. The van der Waals surface area contributed by atoms with Crippen LogP contribution in [0.15, 0.2) is 12.4 Å². The number of aliphatic hydroxyl groups excluding tert-OH is 2. The van der Waals surface area contributed by atoms with E-state index in [4.69, 9.17) is 0 Å². The molecule has 0 amide bonds.